The molecule has 1 aromatic carbocycles. The van der Waals surface area contributed by atoms with E-state index in [4.69, 9.17) is 10.9 Å². The molecule has 0 bridgehead atoms. The first kappa shape index (κ1) is 19.1. The van der Waals surface area contributed by atoms with Gasteiger partial charge in [0, 0.05) is 13.1 Å². The number of aliphatic imine (C=N–C) groups is 1. The number of guanidine groups is 1. The summed E-state index contributed by atoms with van der Waals surface area (Å²) in [5.41, 5.74) is 6.65. The van der Waals surface area contributed by atoms with Gasteiger partial charge in [0.2, 0.25) is 10.0 Å². The first-order valence-corrected chi connectivity index (χ1v) is 7.63. The van der Waals surface area contributed by atoms with E-state index in [0.29, 0.717) is 19.0 Å². The Morgan fingerprint density at radius 2 is 1.90 bits per heavy atom. The van der Waals surface area contributed by atoms with Crippen molar-refractivity contribution in [3.05, 3.63) is 29.8 Å². The predicted octanol–water partition coefficient (Wildman–Crippen LogP) is 0.809. The molecule has 0 aliphatic rings. The Hall–Kier alpha value is -0.870. The summed E-state index contributed by atoms with van der Waals surface area (Å²) in [5.74, 6) is 0.433. The van der Waals surface area contributed by atoms with Gasteiger partial charge in [0.25, 0.3) is 0 Å². The molecule has 1 aromatic rings. The van der Waals surface area contributed by atoms with Gasteiger partial charge < -0.3 is 11.1 Å². The number of rotatable bonds is 6. The van der Waals surface area contributed by atoms with E-state index in [2.05, 4.69) is 10.3 Å². The number of primary sulfonamides is 1. The van der Waals surface area contributed by atoms with Crippen LogP contribution in [0, 0.1) is 0 Å². The van der Waals surface area contributed by atoms with E-state index in [1.165, 1.54) is 12.1 Å². The quantitative estimate of drug-likeness (QED) is 0.365. The summed E-state index contributed by atoms with van der Waals surface area (Å²) >= 11 is 0. The van der Waals surface area contributed by atoms with Crippen LogP contribution in [-0.2, 0) is 16.4 Å². The lowest BCUT2D eigenvalue weighted by molar-refractivity contribution is 0.598. The van der Waals surface area contributed by atoms with Crippen molar-refractivity contribution in [3.8, 4) is 0 Å². The highest BCUT2D eigenvalue weighted by molar-refractivity contribution is 14.0. The maximum atomic E-state index is 11.1. The topological polar surface area (TPSA) is 111 Å². The van der Waals surface area contributed by atoms with Crippen molar-refractivity contribution < 1.29 is 8.42 Å². The zero-order chi connectivity index (χ0) is 14.3. The largest absolute Gasteiger partial charge is 0.370 e. The summed E-state index contributed by atoms with van der Waals surface area (Å²) in [7, 11) is -3.62. The van der Waals surface area contributed by atoms with Crippen LogP contribution in [0.5, 0.6) is 0 Å². The average Bonchev–Trinajstić information content (AvgIpc) is 2.36. The lowest BCUT2D eigenvalue weighted by atomic mass is 10.1. The fourth-order valence-electron chi connectivity index (χ4n) is 1.47. The fraction of sp³-hybridized carbons (Fsp3) is 0.417. The highest BCUT2D eigenvalue weighted by Gasteiger charge is 2.06. The van der Waals surface area contributed by atoms with Crippen LogP contribution in [0.3, 0.4) is 0 Å². The molecular formula is C12H21IN4O2S. The minimum Gasteiger partial charge on any atom is -0.370 e. The molecule has 20 heavy (non-hydrogen) atoms. The molecule has 114 valence electrons. The molecule has 0 amide bonds. The average molecular weight is 412 g/mol. The number of benzene rings is 1. The summed E-state index contributed by atoms with van der Waals surface area (Å²) in [6.07, 6.45) is 1.69. The Labute approximate surface area is 137 Å². The van der Waals surface area contributed by atoms with Crippen molar-refractivity contribution in [2.75, 3.05) is 13.1 Å². The van der Waals surface area contributed by atoms with Crippen molar-refractivity contribution in [1.82, 2.24) is 5.32 Å². The molecule has 0 aromatic heterocycles. The van der Waals surface area contributed by atoms with Crippen LogP contribution in [0.2, 0.25) is 0 Å². The molecule has 0 atom stereocenters. The summed E-state index contributed by atoms with van der Waals surface area (Å²) < 4.78 is 22.2. The Bertz CT molecular complexity index is 529. The van der Waals surface area contributed by atoms with Crippen LogP contribution in [0.15, 0.2) is 34.2 Å². The second-order valence-electron chi connectivity index (χ2n) is 4.13. The van der Waals surface area contributed by atoms with Crippen molar-refractivity contribution in [3.63, 3.8) is 0 Å². The van der Waals surface area contributed by atoms with Gasteiger partial charge in [-0.15, -0.1) is 24.0 Å². The third kappa shape index (κ3) is 7.06. The summed E-state index contributed by atoms with van der Waals surface area (Å²) in [6, 6.07) is 6.47. The van der Waals surface area contributed by atoms with E-state index in [0.717, 1.165) is 18.4 Å². The van der Waals surface area contributed by atoms with Crippen LogP contribution in [0.4, 0.5) is 0 Å². The number of nitrogens with two attached hydrogens (primary N) is 2. The van der Waals surface area contributed by atoms with Gasteiger partial charge in [-0.05, 0) is 30.5 Å². The Balaban J connectivity index is 0.00000361. The van der Waals surface area contributed by atoms with Crippen molar-refractivity contribution >= 4 is 40.0 Å². The van der Waals surface area contributed by atoms with Gasteiger partial charge in [-0.1, -0.05) is 19.1 Å². The highest BCUT2D eigenvalue weighted by Crippen LogP contribution is 2.08. The number of nitrogens with one attached hydrogen (secondary N) is 1. The van der Waals surface area contributed by atoms with Crippen LogP contribution >= 0.6 is 24.0 Å². The van der Waals surface area contributed by atoms with Gasteiger partial charge in [-0.25, -0.2) is 13.6 Å². The van der Waals surface area contributed by atoms with E-state index in [1.807, 2.05) is 6.92 Å². The second-order valence-corrected chi connectivity index (χ2v) is 5.69. The number of halogens is 1. The molecule has 0 heterocycles. The molecular weight excluding hydrogens is 391 g/mol. The van der Waals surface area contributed by atoms with E-state index in [9.17, 15) is 8.42 Å². The number of hydrogen-bond donors (Lipinski definition) is 3. The first-order valence-electron chi connectivity index (χ1n) is 6.09. The zero-order valence-electron chi connectivity index (χ0n) is 11.4. The third-order valence-corrected chi connectivity index (χ3v) is 3.41. The number of hydrogen-bond acceptors (Lipinski definition) is 3. The van der Waals surface area contributed by atoms with E-state index < -0.39 is 10.0 Å². The van der Waals surface area contributed by atoms with Crippen molar-refractivity contribution in [1.29, 1.82) is 0 Å². The molecule has 0 unspecified atom stereocenters. The molecule has 5 N–H and O–H groups in total. The molecule has 0 saturated heterocycles. The van der Waals surface area contributed by atoms with Crippen LogP contribution < -0.4 is 16.2 Å². The van der Waals surface area contributed by atoms with E-state index in [1.54, 1.807) is 12.1 Å². The fourth-order valence-corrected chi connectivity index (χ4v) is 1.98. The second kappa shape index (κ2) is 9.14. The maximum Gasteiger partial charge on any atom is 0.238 e. The summed E-state index contributed by atoms with van der Waals surface area (Å²) in [5, 5.41) is 8.02. The van der Waals surface area contributed by atoms with Gasteiger partial charge in [0.15, 0.2) is 5.96 Å². The van der Waals surface area contributed by atoms with Crippen molar-refractivity contribution in [2.24, 2.45) is 15.9 Å². The zero-order valence-corrected chi connectivity index (χ0v) is 14.5. The Morgan fingerprint density at radius 1 is 1.30 bits per heavy atom. The monoisotopic (exact) mass is 412 g/mol. The first-order chi connectivity index (χ1) is 8.93. The predicted molar refractivity (Wildman–Crippen MR) is 91.7 cm³/mol. The van der Waals surface area contributed by atoms with E-state index >= 15 is 0 Å². The molecule has 0 aliphatic heterocycles. The highest BCUT2D eigenvalue weighted by atomic mass is 127. The lowest BCUT2D eigenvalue weighted by Crippen LogP contribution is -2.33. The molecule has 0 spiro atoms. The number of nitrogens with zero attached hydrogens (tertiary/aromatic N) is 1. The lowest BCUT2D eigenvalue weighted by Gasteiger charge is -2.06. The maximum absolute atomic E-state index is 11.1. The van der Waals surface area contributed by atoms with Gasteiger partial charge in [0.05, 0.1) is 4.90 Å². The molecule has 1 rings (SSSR count). The van der Waals surface area contributed by atoms with Crippen LogP contribution in [0.1, 0.15) is 18.9 Å². The van der Waals surface area contributed by atoms with Gasteiger partial charge in [-0.3, -0.25) is 4.99 Å². The smallest absolute Gasteiger partial charge is 0.238 e. The van der Waals surface area contributed by atoms with Gasteiger partial charge >= 0.3 is 0 Å². The minimum atomic E-state index is -3.62. The standard InChI is InChI=1S/C12H20N4O2S.HI/c1-2-8-15-12(13)16-9-7-10-3-5-11(6-4-10)19(14,17)18;/h3-6H,2,7-9H2,1H3,(H3,13,15,16)(H2,14,17,18);1H. The van der Waals surface area contributed by atoms with E-state index in [-0.39, 0.29) is 28.9 Å². The minimum absolute atomic E-state index is 0. The molecule has 0 saturated carbocycles. The Morgan fingerprint density at radius 3 is 2.40 bits per heavy atom. The summed E-state index contributed by atoms with van der Waals surface area (Å²) in [6.45, 7) is 3.39. The molecule has 6 nitrogen and oxygen atoms in total. The Kier molecular flexibility index (Phi) is 8.74. The third-order valence-electron chi connectivity index (χ3n) is 2.48. The van der Waals surface area contributed by atoms with Crippen LogP contribution in [-0.4, -0.2) is 27.5 Å². The SMILES string of the molecule is CCCN=C(N)NCCc1ccc(S(N)(=O)=O)cc1.I. The molecule has 8 heteroatoms. The summed E-state index contributed by atoms with van der Waals surface area (Å²) in [4.78, 5) is 4.23. The molecule has 0 fully saturated rings. The molecule has 0 radical (unpaired) electrons. The number of sulfonamides is 1. The van der Waals surface area contributed by atoms with Gasteiger partial charge in [0.1, 0.15) is 0 Å². The molecule has 0 aliphatic carbocycles. The normalized spacial score (nSPS) is 11.8. The van der Waals surface area contributed by atoms with Gasteiger partial charge in [-0.2, -0.15) is 0 Å². The van der Waals surface area contributed by atoms with Crippen LogP contribution in [0.25, 0.3) is 0 Å². The van der Waals surface area contributed by atoms with Crippen molar-refractivity contribution in [2.45, 2.75) is 24.7 Å².